The molecule has 0 spiro atoms. The summed E-state index contributed by atoms with van der Waals surface area (Å²) in [5.41, 5.74) is 6.98. The average Bonchev–Trinajstić information content (AvgIpc) is 3.18. The van der Waals surface area contributed by atoms with E-state index in [-0.39, 0.29) is 23.4 Å². The predicted molar refractivity (Wildman–Crippen MR) is 113 cm³/mol. The minimum atomic E-state index is -4.17. The molecule has 1 saturated carbocycles. The number of hydrogen-bond donors (Lipinski definition) is 3. The van der Waals surface area contributed by atoms with Crippen molar-refractivity contribution in [3.63, 3.8) is 0 Å². The molecule has 0 radical (unpaired) electrons. The summed E-state index contributed by atoms with van der Waals surface area (Å²) in [6.45, 7) is 1.50. The van der Waals surface area contributed by atoms with Crippen LogP contribution in [0.15, 0.2) is 41.8 Å². The Morgan fingerprint density at radius 3 is 2.77 bits per heavy atom. The van der Waals surface area contributed by atoms with Gasteiger partial charge in [0.15, 0.2) is 0 Å². The van der Waals surface area contributed by atoms with Crippen molar-refractivity contribution in [1.29, 1.82) is 0 Å². The molecule has 11 heteroatoms. The molecule has 31 heavy (non-hydrogen) atoms. The molecule has 2 aromatic heterocycles. The van der Waals surface area contributed by atoms with E-state index in [1.54, 1.807) is 6.20 Å². The first-order chi connectivity index (χ1) is 14.9. The van der Waals surface area contributed by atoms with E-state index in [0.29, 0.717) is 11.6 Å². The zero-order valence-corrected chi connectivity index (χ0v) is 17.7. The molecule has 2 unspecified atom stereocenters. The van der Waals surface area contributed by atoms with Crippen LogP contribution in [0.3, 0.4) is 0 Å². The van der Waals surface area contributed by atoms with Gasteiger partial charge in [0.2, 0.25) is 0 Å². The molecule has 3 aromatic rings. The maximum atomic E-state index is 15.1. The second kappa shape index (κ2) is 8.50. The van der Waals surface area contributed by atoms with Gasteiger partial charge in [-0.3, -0.25) is 9.82 Å². The largest absolute Gasteiger partial charge is 0.489 e. The highest BCUT2D eigenvalue weighted by molar-refractivity contribution is 7.92. The fraction of sp³-hybridized carbons (Fsp3) is 0.350. The lowest BCUT2D eigenvalue weighted by Gasteiger charge is -2.32. The summed E-state index contributed by atoms with van der Waals surface area (Å²) in [6, 6.07) is 4.06. The van der Waals surface area contributed by atoms with Crippen LogP contribution in [0, 0.1) is 12.7 Å². The van der Waals surface area contributed by atoms with Crippen LogP contribution in [0.25, 0.3) is 0 Å². The second-order valence-corrected chi connectivity index (χ2v) is 9.12. The Morgan fingerprint density at radius 1 is 1.26 bits per heavy atom. The molecule has 1 fully saturated rings. The third kappa shape index (κ3) is 4.31. The summed E-state index contributed by atoms with van der Waals surface area (Å²) in [6.07, 6.45) is 7.82. The minimum Gasteiger partial charge on any atom is -0.489 e. The number of anilines is 2. The van der Waals surface area contributed by atoms with Crippen LogP contribution in [0.4, 0.5) is 16.0 Å². The van der Waals surface area contributed by atoms with Crippen molar-refractivity contribution in [1.82, 2.24) is 20.2 Å². The molecule has 2 atom stereocenters. The van der Waals surface area contributed by atoms with Crippen LogP contribution in [0.1, 0.15) is 42.7 Å². The number of H-pyrrole nitrogens is 1. The molecule has 4 N–H and O–H groups in total. The van der Waals surface area contributed by atoms with Crippen LogP contribution in [-0.2, 0) is 10.0 Å². The molecule has 0 amide bonds. The predicted octanol–water partition coefficient (Wildman–Crippen LogP) is 3.14. The van der Waals surface area contributed by atoms with E-state index in [9.17, 15) is 8.42 Å². The Labute approximate surface area is 179 Å². The fourth-order valence-corrected chi connectivity index (χ4v) is 5.03. The van der Waals surface area contributed by atoms with Crippen molar-refractivity contribution in [2.75, 3.05) is 10.5 Å². The lowest BCUT2D eigenvalue weighted by Crippen LogP contribution is -2.29. The van der Waals surface area contributed by atoms with E-state index in [4.69, 9.17) is 10.5 Å². The van der Waals surface area contributed by atoms with E-state index in [1.165, 1.54) is 37.6 Å². The number of hydrogen-bond acceptors (Lipinski definition) is 7. The third-order valence-electron chi connectivity index (χ3n) is 5.49. The third-order valence-corrected chi connectivity index (χ3v) is 6.87. The highest BCUT2D eigenvalue weighted by Crippen LogP contribution is 2.38. The highest BCUT2D eigenvalue weighted by Gasteiger charge is 2.32. The topological polar surface area (TPSA) is 136 Å². The van der Waals surface area contributed by atoms with E-state index in [1.807, 2.05) is 0 Å². The van der Waals surface area contributed by atoms with Gasteiger partial charge in [-0.15, -0.1) is 0 Å². The van der Waals surface area contributed by atoms with Gasteiger partial charge in [0, 0.05) is 29.4 Å². The summed E-state index contributed by atoms with van der Waals surface area (Å²) in [5, 5.41) is 6.76. The Hall–Kier alpha value is -3.21. The number of aromatic amines is 1. The number of nitrogens with one attached hydrogen (secondary N) is 2. The molecule has 9 nitrogen and oxygen atoms in total. The summed E-state index contributed by atoms with van der Waals surface area (Å²) in [5.74, 6) is -0.0553. The van der Waals surface area contributed by atoms with Crippen LogP contribution in [-0.4, -0.2) is 34.7 Å². The monoisotopic (exact) mass is 446 g/mol. The number of aromatic nitrogens is 4. The van der Waals surface area contributed by atoms with Gasteiger partial charge in [0.1, 0.15) is 40.5 Å². The van der Waals surface area contributed by atoms with Gasteiger partial charge < -0.3 is 10.5 Å². The van der Waals surface area contributed by atoms with Crippen LogP contribution in [0.2, 0.25) is 0 Å². The van der Waals surface area contributed by atoms with Crippen LogP contribution < -0.4 is 15.2 Å². The lowest BCUT2D eigenvalue weighted by molar-refractivity contribution is 0.129. The van der Waals surface area contributed by atoms with Crippen molar-refractivity contribution in [3.8, 4) is 5.75 Å². The number of benzene rings is 1. The van der Waals surface area contributed by atoms with E-state index < -0.39 is 20.7 Å². The van der Waals surface area contributed by atoms with Crippen molar-refractivity contribution in [2.45, 2.75) is 49.5 Å². The second-order valence-electron chi connectivity index (χ2n) is 7.47. The molecule has 4 rings (SSSR count). The number of nitrogens with zero attached hydrogens (tertiary/aromatic N) is 3. The van der Waals surface area contributed by atoms with E-state index in [2.05, 4.69) is 24.9 Å². The average molecular weight is 447 g/mol. The fourth-order valence-electron chi connectivity index (χ4n) is 3.89. The minimum absolute atomic E-state index is 0.0257. The van der Waals surface area contributed by atoms with E-state index in [0.717, 1.165) is 31.2 Å². The number of halogens is 1. The zero-order chi connectivity index (χ0) is 22.0. The van der Waals surface area contributed by atoms with Gasteiger partial charge in [-0.1, -0.05) is 6.42 Å². The van der Waals surface area contributed by atoms with Crippen LogP contribution >= 0.6 is 0 Å². The number of sulfonamides is 1. The maximum absolute atomic E-state index is 15.1. The number of nitrogens with two attached hydrogens (primary N) is 1. The molecule has 1 aromatic carbocycles. The first kappa shape index (κ1) is 21.0. The first-order valence-corrected chi connectivity index (χ1v) is 11.4. The van der Waals surface area contributed by atoms with Crippen LogP contribution in [0.5, 0.6) is 5.75 Å². The molecule has 0 aliphatic heterocycles. The van der Waals surface area contributed by atoms with E-state index >= 15 is 4.39 Å². The SMILES string of the molecule is Cc1c(OC2CCCCC2c2c[nH]nc2N)ccc(S(=O)(=O)Nc2ccncn2)c1F. The van der Waals surface area contributed by atoms with Crippen molar-refractivity contribution in [2.24, 2.45) is 0 Å². The van der Waals surface area contributed by atoms with Gasteiger partial charge >= 0.3 is 0 Å². The molecule has 1 aliphatic carbocycles. The molecule has 164 valence electrons. The van der Waals surface area contributed by atoms with Gasteiger partial charge in [-0.05, 0) is 44.4 Å². The summed E-state index contributed by atoms with van der Waals surface area (Å²) >= 11 is 0. The number of nitrogen functional groups attached to an aromatic ring is 1. The number of ether oxygens (including phenoxy) is 1. The van der Waals surface area contributed by atoms with Gasteiger partial charge in [-0.2, -0.15) is 5.10 Å². The molecule has 1 aliphatic rings. The summed E-state index contributed by atoms with van der Waals surface area (Å²) in [4.78, 5) is 7.06. The van der Waals surface area contributed by atoms with Gasteiger partial charge in [0.25, 0.3) is 10.0 Å². The Balaban J connectivity index is 1.59. The molecular weight excluding hydrogens is 423 g/mol. The Morgan fingerprint density at radius 2 is 2.06 bits per heavy atom. The lowest BCUT2D eigenvalue weighted by atomic mass is 9.82. The molecule has 2 heterocycles. The quantitative estimate of drug-likeness (QED) is 0.529. The van der Waals surface area contributed by atoms with Crippen molar-refractivity contribution in [3.05, 3.63) is 53.9 Å². The highest BCUT2D eigenvalue weighted by atomic mass is 32.2. The first-order valence-electron chi connectivity index (χ1n) is 9.90. The normalized spacial score (nSPS) is 19.2. The van der Waals surface area contributed by atoms with Gasteiger partial charge in [0.05, 0.1) is 0 Å². The molecule has 0 bridgehead atoms. The Bertz CT molecular complexity index is 1170. The van der Waals surface area contributed by atoms with Crippen molar-refractivity contribution >= 4 is 21.7 Å². The Kier molecular flexibility index (Phi) is 5.77. The van der Waals surface area contributed by atoms with Gasteiger partial charge in [-0.25, -0.2) is 22.8 Å². The summed E-state index contributed by atoms with van der Waals surface area (Å²) < 4.78 is 48.8. The zero-order valence-electron chi connectivity index (χ0n) is 16.9. The number of rotatable bonds is 6. The molecular formula is C20H23FN6O3S. The standard InChI is InChI=1S/C20H23FN6O3S/c1-12-15(30-16-5-3-2-4-13(16)14-10-25-26-20(14)22)6-7-17(19(12)21)31(28,29)27-18-8-9-23-11-24-18/h6-11,13,16H,2-5H2,1H3,(H3,22,25,26)(H,23,24,27). The summed E-state index contributed by atoms with van der Waals surface area (Å²) in [7, 11) is -4.17. The molecule has 0 saturated heterocycles. The van der Waals surface area contributed by atoms with Crippen molar-refractivity contribution < 1.29 is 17.5 Å². The maximum Gasteiger partial charge on any atom is 0.265 e. The smallest absolute Gasteiger partial charge is 0.265 e.